The molecule has 0 aromatic carbocycles. The molecule has 1 fully saturated rings. The fourth-order valence-corrected chi connectivity index (χ4v) is 3.88. The second-order valence-electron chi connectivity index (χ2n) is 7.91. The Morgan fingerprint density at radius 3 is 2.31 bits per heavy atom. The molecule has 1 saturated heterocycles. The first-order valence-electron chi connectivity index (χ1n) is 11.3. The van der Waals surface area contributed by atoms with Crippen LogP contribution in [-0.2, 0) is 9.53 Å². The van der Waals surface area contributed by atoms with E-state index in [9.17, 15) is 9.59 Å². The summed E-state index contributed by atoms with van der Waals surface area (Å²) >= 11 is 0. The number of nitrogens with zero attached hydrogens (tertiary/aromatic N) is 3. The highest BCUT2D eigenvalue weighted by atomic mass is 16.5. The molecule has 7 heteroatoms. The van der Waals surface area contributed by atoms with Crippen molar-refractivity contribution in [1.82, 2.24) is 14.7 Å². The summed E-state index contributed by atoms with van der Waals surface area (Å²) in [4.78, 5) is 26.2. The van der Waals surface area contributed by atoms with Crippen LogP contribution in [-0.4, -0.2) is 52.8 Å². The number of unbranched alkanes of at least 4 members (excludes halogenated alkanes) is 7. The van der Waals surface area contributed by atoms with Gasteiger partial charge in [-0.25, -0.2) is 4.79 Å². The Labute approximate surface area is 175 Å². The molecular formula is C22H38N4O3. The highest BCUT2D eigenvalue weighted by molar-refractivity contribution is 5.88. The molecule has 1 amide bonds. The van der Waals surface area contributed by atoms with Gasteiger partial charge in [0.25, 0.3) is 0 Å². The molecule has 164 valence electrons. The van der Waals surface area contributed by atoms with Crippen molar-refractivity contribution in [3.05, 3.63) is 18.0 Å². The van der Waals surface area contributed by atoms with Gasteiger partial charge in [0.05, 0.1) is 24.4 Å². The number of ether oxygens (including phenoxy) is 1. The van der Waals surface area contributed by atoms with Crippen LogP contribution in [0.4, 0.5) is 0 Å². The first-order chi connectivity index (χ1) is 14.2. The highest BCUT2D eigenvalue weighted by Crippen LogP contribution is 2.23. The van der Waals surface area contributed by atoms with E-state index in [4.69, 9.17) is 10.5 Å². The monoisotopic (exact) mass is 406 g/mol. The van der Waals surface area contributed by atoms with Crippen molar-refractivity contribution in [1.29, 1.82) is 0 Å². The average Bonchev–Trinajstić information content (AvgIpc) is 3.23. The Kier molecular flexibility index (Phi) is 10.8. The number of rotatable bonds is 13. The molecule has 0 unspecified atom stereocenters. The van der Waals surface area contributed by atoms with E-state index in [1.54, 1.807) is 19.3 Å². The lowest BCUT2D eigenvalue weighted by Crippen LogP contribution is -2.39. The van der Waals surface area contributed by atoms with Crippen LogP contribution >= 0.6 is 0 Å². The summed E-state index contributed by atoms with van der Waals surface area (Å²) in [7, 11) is 0. The maximum atomic E-state index is 12.4. The number of likely N-dealkylation sites (tertiary alicyclic amines) is 1. The topological polar surface area (TPSA) is 90.5 Å². The number of carbonyl (C=O) groups excluding carboxylic acids is 2. The number of hydrogen-bond donors (Lipinski definition) is 1. The molecule has 7 nitrogen and oxygen atoms in total. The van der Waals surface area contributed by atoms with Gasteiger partial charge in [0, 0.05) is 25.7 Å². The van der Waals surface area contributed by atoms with Gasteiger partial charge in [-0.05, 0) is 39.2 Å². The maximum absolute atomic E-state index is 12.4. The fraction of sp³-hybridized carbons (Fsp3) is 0.773. The number of esters is 1. The molecule has 0 saturated carbocycles. The smallest absolute Gasteiger partial charge is 0.341 e. The lowest BCUT2D eigenvalue weighted by atomic mass is 10.0. The van der Waals surface area contributed by atoms with Gasteiger partial charge in [0.2, 0.25) is 5.91 Å². The largest absolute Gasteiger partial charge is 0.462 e. The Hall–Kier alpha value is -1.89. The van der Waals surface area contributed by atoms with Gasteiger partial charge in [-0.15, -0.1) is 0 Å². The Morgan fingerprint density at radius 2 is 1.69 bits per heavy atom. The Bertz CT molecular complexity index is 609. The third-order valence-electron chi connectivity index (χ3n) is 5.65. The molecule has 1 aromatic heterocycles. The summed E-state index contributed by atoms with van der Waals surface area (Å²) in [5.41, 5.74) is 5.99. The molecule has 29 heavy (non-hydrogen) atoms. The molecule has 2 heterocycles. The minimum atomic E-state index is -0.332. The maximum Gasteiger partial charge on any atom is 0.341 e. The van der Waals surface area contributed by atoms with Crippen LogP contribution in [0.2, 0.25) is 0 Å². The molecule has 0 atom stereocenters. The molecule has 2 rings (SSSR count). The fourth-order valence-electron chi connectivity index (χ4n) is 3.88. The number of nitrogens with two attached hydrogens (primary N) is 1. The molecule has 2 N–H and O–H groups in total. The van der Waals surface area contributed by atoms with Crippen molar-refractivity contribution < 1.29 is 14.3 Å². The number of aromatic nitrogens is 2. The summed E-state index contributed by atoms with van der Waals surface area (Å²) in [6.45, 7) is 4.48. The highest BCUT2D eigenvalue weighted by Gasteiger charge is 2.24. The molecular weight excluding hydrogens is 368 g/mol. The van der Waals surface area contributed by atoms with Crippen LogP contribution in [0.3, 0.4) is 0 Å². The van der Waals surface area contributed by atoms with Crippen LogP contribution in [0.1, 0.15) is 94.0 Å². The lowest BCUT2D eigenvalue weighted by molar-refractivity contribution is -0.132. The molecule has 0 spiro atoms. The van der Waals surface area contributed by atoms with E-state index in [-0.39, 0.29) is 17.9 Å². The minimum Gasteiger partial charge on any atom is -0.462 e. The molecule has 1 aliphatic heterocycles. The first-order valence-corrected chi connectivity index (χ1v) is 11.3. The van der Waals surface area contributed by atoms with Gasteiger partial charge in [-0.2, -0.15) is 5.10 Å². The number of hydrogen-bond acceptors (Lipinski definition) is 5. The van der Waals surface area contributed by atoms with Gasteiger partial charge in [-0.1, -0.05) is 38.5 Å². The zero-order chi connectivity index (χ0) is 20.9. The summed E-state index contributed by atoms with van der Waals surface area (Å²) in [6.07, 6.45) is 15.3. The van der Waals surface area contributed by atoms with Crippen LogP contribution < -0.4 is 5.73 Å². The summed E-state index contributed by atoms with van der Waals surface area (Å²) in [5, 5.41) is 4.32. The first kappa shape index (κ1) is 23.4. The van der Waals surface area contributed by atoms with Crippen LogP contribution in [0, 0.1) is 0 Å². The number of piperidine rings is 1. The zero-order valence-corrected chi connectivity index (χ0v) is 18.0. The molecule has 0 radical (unpaired) electrons. The van der Waals surface area contributed by atoms with Crippen LogP contribution in [0.15, 0.2) is 12.4 Å². The van der Waals surface area contributed by atoms with Gasteiger partial charge < -0.3 is 15.4 Å². The van der Waals surface area contributed by atoms with Crippen LogP contribution in [0.25, 0.3) is 0 Å². The van der Waals surface area contributed by atoms with E-state index in [2.05, 4.69) is 5.10 Å². The van der Waals surface area contributed by atoms with Crippen molar-refractivity contribution in [2.45, 2.75) is 83.6 Å². The lowest BCUT2D eigenvalue weighted by Gasteiger charge is -2.32. The predicted octanol–water partition coefficient (Wildman–Crippen LogP) is 3.69. The molecule has 0 bridgehead atoms. The zero-order valence-electron chi connectivity index (χ0n) is 18.0. The summed E-state index contributed by atoms with van der Waals surface area (Å²) < 4.78 is 6.86. The summed E-state index contributed by atoms with van der Waals surface area (Å²) in [6, 6.07) is 0.237. The molecule has 0 aliphatic carbocycles. The van der Waals surface area contributed by atoms with Crippen molar-refractivity contribution >= 4 is 11.9 Å². The van der Waals surface area contributed by atoms with Gasteiger partial charge in [0.15, 0.2) is 0 Å². The Balaban J connectivity index is 1.59. The van der Waals surface area contributed by atoms with Gasteiger partial charge in [0.1, 0.15) is 0 Å². The van der Waals surface area contributed by atoms with E-state index in [0.717, 1.165) is 51.7 Å². The number of carbonyl (C=O) groups is 2. The standard InChI is InChI=1S/C22H38N4O3/c1-2-29-22(28)19-17-24-26(18-19)20-12-15-25(16-13-20)21(27)11-9-7-5-3-4-6-8-10-14-23/h17-18,20H,2-16,23H2,1H3. The quantitative estimate of drug-likeness (QED) is 0.398. The Morgan fingerprint density at radius 1 is 1.07 bits per heavy atom. The molecule has 1 aliphatic rings. The van der Waals surface area contributed by atoms with Crippen molar-refractivity contribution in [3.8, 4) is 0 Å². The average molecular weight is 407 g/mol. The van der Waals surface area contributed by atoms with E-state index < -0.39 is 0 Å². The summed E-state index contributed by atoms with van der Waals surface area (Å²) in [5.74, 6) is -0.0546. The normalized spacial score (nSPS) is 14.9. The minimum absolute atomic E-state index is 0.237. The van der Waals surface area contributed by atoms with E-state index >= 15 is 0 Å². The van der Waals surface area contributed by atoms with E-state index in [0.29, 0.717) is 18.6 Å². The SMILES string of the molecule is CCOC(=O)c1cnn(C2CCN(C(=O)CCCCCCCCCCN)CC2)c1. The second-order valence-corrected chi connectivity index (χ2v) is 7.91. The number of amides is 1. The molecule has 1 aromatic rings. The third kappa shape index (κ3) is 8.17. The van der Waals surface area contributed by atoms with E-state index in [1.807, 2.05) is 9.58 Å². The van der Waals surface area contributed by atoms with Crippen molar-refractivity contribution in [2.24, 2.45) is 5.73 Å². The van der Waals surface area contributed by atoms with E-state index in [1.165, 1.54) is 32.1 Å². The third-order valence-corrected chi connectivity index (χ3v) is 5.65. The van der Waals surface area contributed by atoms with Gasteiger partial charge in [-0.3, -0.25) is 9.48 Å². The van der Waals surface area contributed by atoms with Crippen LogP contribution in [0.5, 0.6) is 0 Å². The van der Waals surface area contributed by atoms with Crippen molar-refractivity contribution in [3.63, 3.8) is 0 Å². The van der Waals surface area contributed by atoms with Crippen molar-refractivity contribution in [2.75, 3.05) is 26.2 Å². The predicted molar refractivity (Wildman–Crippen MR) is 114 cm³/mol. The van der Waals surface area contributed by atoms with Gasteiger partial charge >= 0.3 is 5.97 Å². The second kappa shape index (κ2) is 13.4.